The molecular weight excluding hydrogens is 305 g/mol. The molecule has 1 atom stereocenters. The Morgan fingerprint density at radius 2 is 2.17 bits per heavy atom. The summed E-state index contributed by atoms with van der Waals surface area (Å²) in [6, 6.07) is 4.11. The molecule has 1 unspecified atom stereocenters. The highest BCUT2D eigenvalue weighted by molar-refractivity contribution is 9.10. The largest absolute Gasteiger partial charge is 0.481 e. The molecule has 0 aliphatic rings. The summed E-state index contributed by atoms with van der Waals surface area (Å²) in [5, 5.41) is 11.1. The standard InChI is InChI=1S/C12H13BrFNO3/c1-7(5-6-10(16)17)15-12(18)8-3-2-4-9(13)11(8)14/h2-4,7H,5-6H2,1H3,(H,15,18)(H,16,17). The van der Waals surface area contributed by atoms with Gasteiger partial charge < -0.3 is 10.4 Å². The van der Waals surface area contributed by atoms with E-state index in [1.165, 1.54) is 12.1 Å². The number of carbonyl (C=O) groups is 2. The number of aliphatic carboxylic acids is 1. The van der Waals surface area contributed by atoms with E-state index in [0.29, 0.717) is 6.42 Å². The number of amides is 1. The van der Waals surface area contributed by atoms with Gasteiger partial charge in [0.2, 0.25) is 0 Å². The van der Waals surface area contributed by atoms with Gasteiger partial charge in [0, 0.05) is 12.5 Å². The maximum absolute atomic E-state index is 13.6. The van der Waals surface area contributed by atoms with Crippen LogP contribution in [0.4, 0.5) is 4.39 Å². The Balaban J connectivity index is 2.65. The fraction of sp³-hybridized carbons (Fsp3) is 0.333. The van der Waals surface area contributed by atoms with E-state index in [1.807, 2.05) is 0 Å². The van der Waals surface area contributed by atoms with Crippen LogP contribution in [0.1, 0.15) is 30.1 Å². The number of hydrogen-bond acceptors (Lipinski definition) is 2. The maximum Gasteiger partial charge on any atom is 0.303 e. The van der Waals surface area contributed by atoms with Gasteiger partial charge in [-0.2, -0.15) is 0 Å². The summed E-state index contributed by atoms with van der Waals surface area (Å²) >= 11 is 3.00. The van der Waals surface area contributed by atoms with Gasteiger partial charge in [-0.25, -0.2) is 4.39 Å². The number of halogens is 2. The molecule has 98 valence electrons. The predicted octanol–water partition coefficient (Wildman–Crippen LogP) is 2.57. The summed E-state index contributed by atoms with van der Waals surface area (Å²) in [6.07, 6.45) is 0.263. The molecule has 0 radical (unpaired) electrons. The van der Waals surface area contributed by atoms with E-state index in [2.05, 4.69) is 21.2 Å². The van der Waals surface area contributed by atoms with Crippen LogP contribution < -0.4 is 5.32 Å². The van der Waals surface area contributed by atoms with Gasteiger partial charge in [0.25, 0.3) is 5.91 Å². The van der Waals surface area contributed by atoms with Gasteiger partial charge in [-0.05, 0) is 41.4 Å². The molecule has 0 spiro atoms. The van der Waals surface area contributed by atoms with Crippen molar-refractivity contribution in [3.63, 3.8) is 0 Å². The number of rotatable bonds is 5. The lowest BCUT2D eigenvalue weighted by atomic mass is 10.1. The van der Waals surface area contributed by atoms with Crippen molar-refractivity contribution in [2.24, 2.45) is 0 Å². The first kappa shape index (κ1) is 14.6. The monoisotopic (exact) mass is 317 g/mol. The lowest BCUT2D eigenvalue weighted by Crippen LogP contribution is -2.33. The van der Waals surface area contributed by atoms with Crippen LogP contribution >= 0.6 is 15.9 Å². The third-order valence-electron chi connectivity index (χ3n) is 2.36. The van der Waals surface area contributed by atoms with E-state index >= 15 is 0 Å². The van der Waals surface area contributed by atoms with Crippen molar-refractivity contribution >= 4 is 27.8 Å². The molecule has 1 amide bonds. The Hall–Kier alpha value is -1.43. The molecular formula is C12H13BrFNO3. The fourth-order valence-corrected chi connectivity index (χ4v) is 1.76. The summed E-state index contributed by atoms with van der Waals surface area (Å²) < 4.78 is 13.8. The van der Waals surface area contributed by atoms with Crippen LogP contribution in [0.15, 0.2) is 22.7 Å². The molecule has 0 fully saturated rings. The van der Waals surface area contributed by atoms with Crippen LogP contribution in [-0.2, 0) is 4.79 Å². The highest BCUT2D eigenvalue weighted by Crippen LogP contribution is 2.18. The topological polar surface area (TPSA) is 66.4 Å². The van der Waals surface area contributed by atoms with Gasteiger partial charge in [0.1, 0.15) is 5.82 Å². The lowest BCUT2D eigenvalue weighted by molar-refractivity contribution is -0.137. The normalized spacial score (nSPS) is 11.9. The van der Waals surface area contributed by atoms with Gasteiger partial charge in [0.15, 0.2) is 0 Å². The summed E-state index contributed by atoms with van der Waals surface area (Å²) in [7, 11) is 0. The van der Waals surface area contributed by atoms with Gasteiger partial charge in [-0.3, -0.25) is 9.59 Å². The smallest absolute Gasteiger partial charge is 0.303 e. The van der Waals surface area contributed by atoms with Gasteiger partial charge in [-0.1, -0.05) is 6.07 Å². The zero-order valence-corrected chi connectivity index (χ0v) is 11.3. The lowest BCUT2D eigenvalue weighted by Gasteiger charge is -2.13. The first-order valence-electron chi connectivity index (χ1n) is 5.38. The summed E-state index contributed by atoms with van der Waals surface area (Å²) in [6.45, 7) is 1.68. The molecule has 0 aliphatic carbocycles. The molecule has 1 aromatic rings. The van der Waals surface area contributed by atoms with Crippen LogP contribution in [0, 0.1) is 5.82 Å². The number of carbonyl (C=O) groups excluding carboxylic acids is 1. The van der Waals surface area contributed by atoms with E-state index in [1.54, 1.807) is 13.0 Å². The van der Waals surface area contributed by atoms with Crippen LogP contribution in [0.2, 0.25) is 0 Å². The Kier molecular flexibility index (Phi) is 5.27. The zero-order valence-electron chi connectivity index (χ0n) is 9.74. The Bertz CT molecular complexity index is 465. The van der Waals surface area contributed by atoms with Crippen LogP contribution in [0.5, 0.6) is 0 Å². The van der Waals surface area contributed by atoms with E-state index in [0.717, 1.165) is 0 Å². The zero-order chi connectivity index (χ0) is 13.7. The average molecular weight is 318 g/mol. The molecule has 4 nitrogen and oxygen atoms in total. The molecule has 1 aromatic carbocycles. The van der Waals surface area contributed by atoms with Gasteiger partial charge >= 0.3 is 5.97 Å². The molecule has 0 heterocycles. The highest BCUT2D eigenvalue weighted by atomic mass is 79.9. The molecule has 0 bridgehead atoms. The molecule has 0 saturated heterocycles. The first-order chi connectivity index (χ1) is 8.41. The minimum absolute atomic E-state index is 0.0393. The van der Waals surface area contributed by atoms with Crippen molar-refractivity contribution in [1.82, 2.24) is 5.32 Å². The third kappa shape index (κ3) is 4.10. The first-order valence-corrected chi connectivity index (χ1v) is 6.17. The molecule has 0 saturated carbocycles. The van der Waals surface area contributed by atoms with Crippen molar-refractivity contribution in [2.75, 3.05) is 0 Å². The molecule has 6 heteroatoms. The molecule has 1 rings (SSSR count). The van der Waals surface area contributed by atoms with Gasteiger partial charge in [0.05, 0.1) is 10.0 Å². The summed E-state index contributed by atoms with van der Waals surface area (Å²) in [4.78, 5) is 22.1. The number of hydrogen-bond donors (Lipinski definition) is 2. The molecule has 0 aliphatic heterocycles. The summed E-state index contributed by atoms with van der Waals surface area (Å²) in [5.41, 5.74) is -0.0634. The minimum atomic E-state index is -0.926. The fourth-order valence-electron chi connectivity index (χ4n) is 1.39. The second-order valence-corrected chi connectivity index (χ2v) is 4.76. The molecule has 18 heavy (non-hydrogen) atoms. The van der Waals surface area contributed by atoms with Crippen molar-refractivity contribution in [1.29, 1.82) is 0 Å². The number of nitrogens with one attached hydrogen (secondary N) is 1. The number of carboxylic acid groups (broad SMARTS) is 1. The Morgan fingerprint density at radius 3 is 2.78 bits per heavy atom. The second kappa shape index (κ2) is 6.49. The number of carboxylic acids is 1. The summed E-state index contributed by atoms with van der Waals surface area (Å²) in [5.74, 6) is -2.10. The highest BCUT2D eigenvalue weighted by Gasteiger charge is 2.16. The van der Waals surface area contributed by atoms with Crippen molar-refractivity contribution in [2.45, 2.75) is 25.8 Å². The number of benzene rings is 1. The molecule has 2 N–H and O–H groups in total. The van der Waals surface area contributed by atoms with E-state index in [9.17, 15) is 14.0 Å². The maximum atomic E-state index is 13.6. The second-order valence-electron chi connectivity index (χ2n) is 3.91. The van der Waals surface area contributed by atoms with Crippen LogP contribution in [-0.4, -0.2) is 23.0 Å². The predicted molar refractivity (Wildman–Crippen MR) is 67.9 cm³/mol. The van der Waals surface area contributed by atoms with Crippen LogP contribution in [0.25, 0.3) is 0 Å². The van der Waals surface area contributed by atoms with Crippen molar-refractivity contribution in [3.8, 4) is 0 Å². The van der Waals surface area contributed by atoms with Gasteiger partial charge in [-0.15, -0.1) is 0 Å². The average Bonchev–Trinajstić information content (AvgIpc) is 2.30. The SMILES string of the molecule is CC(CCC(=O)O)NC(=O)c1cccc(Br)c1F. The quantitative estimate of drug-likeness (QED) is 0.877. The Labute approximate surface area is 112 Å². The van der Waals surface area contributed by atoms with E-state index in [-0.39, 0.29) is 22.5 Å². The minimum Gasteiger partial charge on any atom is -0.481 e. The molecule has 0 aromatic heterocycles. The van der Waals surface area contributed by atoms with Crippen molar-refractivity contribution in [3.05, 3.63) is 34.1 Å². The van der Waals surface area contributed by atoms with Crippen molar-refractivity contribution < 1.29 is 19.1 Å². The van der Waals surface area contributed by atoms with E-state index < -0.39 is 17.7 Å². The Morgan fingerprint density at radius 1 is 1.50 bits per heavy atom. The van der Waals surface area contributed by atoms with E-state index in [4.69, 9.17) is 5.11 Å². The third-order valence-corrected chi connectivity index (χ3v) is 2.98. The van der Waals surface area contributed by atoms with Crippen LogP contribution in [0.3, 0.4) is 0 Å².